The number of benzene rings is 1. The number of Topliss-reactive ketones (excluding diaryl/α,β-unsaturated/α-hetero) is 1. The zero-order valence-corrected chi connectivity index (χ0v) is 12.4. The predicted molar refractivity (Wildman–Crippen MR) is 78.4 cm³/mol. The van der Waals surface area contributed by atoms with Crippen molar-refractivity contribution in [3.63, 3.8) is 0 Å². The van der Waals surface area contributed by atoms with E-state index < -0.39 is 0 Å². The van der Waals surface area contributed by atoms with E-state index in [0.717, 1.165) is 17.7 Å². The lowest BCUT2D eigenvalue weighted by atomic mass is 9.86. The Morgan fingerprint density at radius 3 is 2.63 bits per heavy atom. The van der Waals surface area contributed by atoms with Gasteiger partial charge in [0.1, 0.15) is 11.5 Å². The molecule has 0 saturated carbocycles. The molecule has 1 atom stereocenters. The topological polar surface area (TPSA) is 52.3 Å². The van der Waals surface area contributed by atoms with Gasteiger partial charge in [0, 0.05) is 18.9 Å². The third-order valence-corrected chi connectivity index (χ3v) is 2.90. The maximum Gasteiger partial charge on any atom is 0.138 e. The van der Waals surface area contributed by atoms with Crippen LogP contribution < -0.4 is 10.5 Å². The zero-order valence-electron chi connectivity index (χ0n) is 12.4. The first-order chi connectivity index (χ1) is 8.80. The number of carbonyl (C=O) groups excluding carboxylic acids is 1. The van der Waals surface area contributed by atoms with Crippen LogP contribution in [0.1, 0.15) is 39.2 Å². The molecule has 1 aromatic carbocycles. The number of rotatable bonds is 6. The first-order valence-electron chi connectivity index (χ1n) is 6.70. The van der Waals surface area contributed by atoms with Gasteiger partial charge in [0.2, 0.25) is 0 Å². The average molecular weight is 263 g/mol. The summed E-state index contributed by atoms with van der Waals surface area (Å²) >= 11 is 0. The van der Waals surface area contributed by atoms with Crippen molar-refractivity contribution in [1.29, 1.82) is 0 Å². The van der Waals surface area contributed by atoms with Crippen molar-refractivity contribution >= 4 is 5.78 Å². The highest BCUT2D eigenvalue weighted by Crippen LogP contribution is 2.21. The first kappa shape index (κ1) is 15.7. The molecule has 1 rings (SSSR count). The molecule has 1 aromatic rings. The maximum atomic E-state index is 12.0. The molecule has 0 fully saturated rings. The summed E-state index contributed by atoms with van der Waals surface area (Å²) in [5.74, 6) is 0.967. The highest BCUT2D eigenvalue weighted by molar-refractivity contribution is 5.81. The Labute approximate surface area is 116 Å². The van der Waals surface area contributed by atoms with E-state index in [2.05, 4.69) is 20.8 Å². The Balaban J connectivity index is 2.50. The van der Waals surface area contributed by atoms with E-state index in [9.17, 15) is 4.79 Å². The molecular weight excluding hydrogens is 238 g/mol. The lowest BCUT2D eigenvalue weighted by Gasteiger charge is -2.22. The van der Waals surface area contributed by atoms with Crippen LogP contribution in [0, 0.1) is 5.41 Å². The molecule has 0 aromatic heterocycles. The molecule has 0 aliphatic heterocycles. The van der Waals surface area contributed by atoms with Crippen LogP contribution in [0.25, 0.3) is 0 Å². The summed E-state index contributed by atoms with van der Waals surface area (Å²) in [6, 6.07) is 7.55. The second-order valence-corrected chi connectivity index (χ2v) is 6.30. The molecule has 0 heterocycles. The minimum Gasteiger partial charge on any atom is -0.497 e. The van der Waals surface area contributed by atoms with Crippen LogP contribution in [-0.4, -0.2) is 18.9 Å². The van der Waals surface area contributed by atoms with Gasteiger partial charge in [-0.25, -0.2) is 0 Å². The number of ether oxygens (including phenoxy) is 1. The van der Waals surface area contributed by atoms with Gasteiger partial charge < -0.3 is 10.5 Å². The van der Waals surface area contributed by atoms with Crippen LogP contribution in [0.3, 0.4) is 0 Å². The van der Waals surface area contributed by atoms with E-state index in [-0.39, 0.29) is 17.2 Å². The van der Waals surface area contributed by atoms with Gasteiger partial charge >= 0.3 is 0 Å². The van der Waals surface area contributed by atoms with Crippen LogP contribution in [-0.2, 0) is 11.2 Å². The second kappa shape index (κ2) is 6.71. The first-order valence-corrected chi connectivity index (χ1v) is 6.70. The van der Waals surface area contributed by atoms with Crippen LogP contribution in [0.15, 0.2) is 24.3 Å². The fourth-order valence-electron chi connectivity index (χ4n) is 2.23. The molecule has 3 nitrogen and oxygen atoms in total. The number of carbonyl (C=O) groups is 1. The quantitative estimate of drug-likeness (QED) is 0.858. The summed E-state index contributed by atoms with van der Waals surface area (Å²) in [5, 5.41) is 0. The normalized spacial score (nSPS) is 13.1. The number of hydrogen-bond acceptors (Lipinski definition) is 3. The fraction of sp³-hybridized carbons (Fsp3) is 0.562. The Hall–Kier alpha value is -1.35. The van der Waals surface area contributed by atoms with Crippen molar-refractivity contribution in [2.45, 2.75) is 46.1 Å². The van der Waals surface area contributed by atoms with Gasteiger partial charge in [-0.3, -0.25) is 4.79 Å². The molecule has 2 N–H and O–H groups in total. The largest absolute Gasteiger partial charge is 0.497 e. The smallest absolute Gasteiger partial charge is 0.138 e. The molecule has 0 amide bonds. The Morgan fingerprint density at radius 2 is 2.05 bits per heavy atom. The second-order valence-electron chi connectivity index (χ2n) is 6.30. The maximum absolute atomic E-state index is 12.0. The van der Waals surface area contributed by atoms with Gasteiger partial charge in [0.15, 0.2) is 0 Å². The summed E-state index contributed by atoms with van der Waals surface area (Å²) in [7, 11) is 1.63. The minimum absolute atomic E-state index is 0.0573. The molecule has 0 spiro atoms. The van der Waals surface area contributed by atoms with Gasteiger partial charge in [0.05, 0.1) is 7.11 Å². The lowest BCUT2D eigenvalue weighted by molar-refractivity contribution is -0.118. The number of ketones is 1. The van der Waals surface area contributed by atoms with Gasteiger partial charge in [-0.05, 0) is 29.5 Å². The van der Waals surface area contributed by atoms with Crippen molar-refractivity contribution in [3.8, 4) is 5.75 Å². The predicted octanol–water partition coefficient (Wildman–Crippen LogP) is 2.96. The Morgan fingerprint density at radius 1 is 1.37 bits per heavy atom. The zero-order chi connectivity index (χ0) is 14.5. The SMILES string of the molecule is COc1cccc(CC(=O)CC(N)CC(C)(C)C)c1. The summed E-state index contributed by atoms with van der Waals surface area (Å²) in [4.78, 5) is 12.0. The molecule has 1 unspecified atom stereocenters. The number of hydrogen-bond donors (Lipinski definition) is 1. The molecule has 0 aliphatic carbocycles. The highest BCUT2D eigenvalue weighted by atomic mass is 16.5. The highest BCUT2D eigenvalue weighted by Gasteiger charge is 2.18. The number of nitrogens with two attached hydrogens (primary N) is 1. The van der Waals surface area contributed by atoms with E-state index in [0.29, 0.717) is 12.8 Å². The van der Waals surface area contributed by atoms with Crippen LogP contribution in [0.2, 0.25) is 0 Å². The van der Waals surface area contributed by atoms with Crippen LogP contribution in [0.4, 0.5) is 0 Å². The standard InChI is InChI=1S/C16H25NO2/c1-16(2,3)11-13(17)10-14(18)8-12-6-5-7-15(9-12)19-4/h5-7,9,13H,8,10-11,17H2,1-4H3. The van der Waals surface area contributed by atoms with Gasteiger partial charge in [0.25, 0.3) is 0 Å². The van der Waals surface area contributed by atoms with Gasteiger partial charge in [-0.1, -0.05) is 32.9 Å². The molecule has 0 bridgehead atoms. The molecule has 19 heavy (non-hydrogen) atoms. The van der Waals surface area contributed by atoms with E-state index in [1.165, 1.54) is 0 Å². The monoisotopic (exact) mass is 263 g/mol. The summed E-state index contributed by atoms with van der Waals surface area (Å²) in [5.41, 5.74) is 7.17. The van der Waals surface area contributed by atoms with E-state index >= 15 is 0 Å². The van der Waals surface area contributed by atoms with E-state index in [1.54, 1.807) is 7.11 Å². The van der Waals surface area contributed by atoms with Crippen LogP contribution >= 0.6 is 0 Å². The van der Waals surface area contributed by atoms with Gasteiger partial charge in [-0.15, -0.1) is 0 Å². The fourth-order valence-corrected chi connectivity index (χ4v) is 2.23. The summed E-state index contributed by atoms with van der Waals surface area (Å²) in [6.07, 6.45) is 1.72. The van der Waals surface area contributed by atoms with Crippen molar-refractivity contribution in [2.75, 3.05) is 7.11 Å². The minimum atomic E-state index is -0.0573. The third kappa shape index (κ3) is 6.39. The third-order valence-electron chi connectivity index (χ3n) is 2.90. The van der Waals surface area contributed by atoms with Gasteiger partial charge in [-0.2, -0.15) is 0 Å². The molecule has 106 valence electrons. The summed E-state index contributed by atoms with van der Waals surface area (Å²) < 4.78 is 5.15. The average Bonchev–Trinajstić information content (AvgIpc) is 2.26. The number of methoxy groups -OCH3 is 1. The van der Waals surface area contributed by atoms with E-state index in [4.69, 9.17) is 10.5 Å². The van der Waals surface area contributed by atoms with E-state index in [1.807, 2.05) is 24.3 Å². The molecule has 0 saturated heterocycles. The Kier molecular flexibility index (Phi) is 5.55. The molecule has 3 heteroatoms. The lowest BCUT2D eigenvalue weighted by Crippen LogP contribution is -2.29. The van der Waals surface area contributed by atoms with Crippen molar-refractivity contribution in [2.24, 2.45) is 11.1 Å². The van der Waals surface area contributed by atoms with Crippen molar-refractivity contribution in [1.82, 2.24) is 0 Å². The Bertz CT molecular complexity index is 421. The summed E-state index contributed by atoms with van der Waals surface area (Å²) in [6.45, 7) is 6.41. The van der Waals surface area contributed by atoms with Crippen LogP contribution in [0.5, 0.6) is 5.75 Å². The van der Waals surface area contributed by atoms with Crippen molar-refractivity contribution in [3.05, 3.63) is 29.8 Å². The van der Waals surface area contributed by atoms with Crippen molar-refractivity contribution < 1.29 is 9.53 Å². The molecule has 0 aliphatic rings. The molecular formula is C16H25NO2. The molecule has 0 radical (unpaired) electrons.